The van der Waals surface area contributed by atoms with Crippen molar-refractivity contribution >= 4 is 10.8 Å². The van der Waals surface area contributed by atoms with Crippen LogP contribution in [-0.2, 0) is 6.42 Å². The summed E-state index contributed by atoms with van der Waals surface area (Å²) in [6, 6.07) is 10.8. The summed E-state index contributed by atoms with van der Waals surface area (Å²) in [7, 11) is 3.36. The van der Waals surface area contributed by atoms with E-state index in [1.54, 1.807) is 14.2 Å². The van der Waals surface area contributed by atoms with Gasteiger partial charge in [-0.1, -0.05) is 18.2 Å². The maximum absolute atomic E-state index is 5.39. The molecule has 1 aliphatic heterocycles. The molecule has 0 radical (unpaired) electrons. The fraction of sp³-hybridized carbons (Fsp3) is 0.444. The van der Waals surface area contributed by atoms with Crippen LogP contribution in [0.25, 0.3) is 10.8 Å². The lowest BCUT2D eigenvalue weighted by Gasteiger charge is -2.15. The maximum atomic E-state index is 5.39. The number of rotatable bonds is 5. The lowest BCUT2D eigenvalue weighted by atomic mass is 10.0. The van der Waals surface area contributed by atoms with E-state index >= 15 is 0 Å². The van der Waals surface area contributed by atoms with E-state index in [2.05, 4.69) is 29.2 Å². The van der Waals surface area contributed by atoms with Crippen LogP contribution in [-0.4, -0.2) is 38.8 Å². The highest BCUT2D eigenvalue weighted by molar-refractivity contribution is 5.86. The van der Waals surface area contributed by atoms with Crippen LogP contribution in [0.5, 0.6) is 11.5 Å². The number of hydrogen-bond donors (Lipinski definition) is 0. The van der Waals surface area contributed by atoms with Gasteiger partial charge in [0.25, 0.3) is 0 Å². The first-order chi connectivity index (χ1) is 10.3. The zero-order chi connectivity index (χ0) is 14.7. The van der Waals surface area contributed by atoms with Crippen molar-refractivity contribution in [2.75, 3.05) is 33.9 Å². The van der Waals surface area contributed by atoms with E-state index in [9.17, 15) is 0 Å². The summed E-state index contributed by atoms with van der Waals surface area (Å²) in [6.45, 7) is 3.69. The van der Waals surface area contributed by atoms with Crippen molar-refractivity contribution in [1.29, 1.82) is 0 Å². The van der Waals surface area contributed by atoms with Gasteiger partial charge in [-0.15, -0.1) is 0 Å². The second kappa shape index (κ2) is 6.35. The summed E-state index contributed by atoms with van der Waals surface area (Å²) < 4.78 is 10.8. The van der Waals surface area contributed by atoms with Crippen molar-refractivity contribution in [1.82, 2.24) is 4.90 Å². The van der Waals surface area contributed by atoms with Gasteiger partial charge in [-0.2, -0.15) is 0 Å². The average molecular weight is 285 g/mol. The van der Waals surface area contributed by atoms with Gasteiger partial charge in [0, 0.05) is 6.54 Å². The Bertz CT molecular complexity index is 618. The molecule has 0 atom stereocenters. The van der Waals surface area contributed by atoms with Gasteiger partial charge in [-0.25, -0.2) is 0 Å². The molecule has 112 valence electrons. The fourth-order valence-corrected chi connectivity index (χ4v) is 3.07. The van der Waals surface area contributed by atoms with Gasteiger partial charge < -0.3 is 14.4 Å². The zero-order valence-corrected chi connectivity index (χ0v) is 12.9. The molecule has 0 aromatic heterocycles. The molecule has 1 saturated heterocycles. The fourth-order valence-electron chi connectivity index (χ4n) is 3.07. The third kappa shape index (κ3) is 3.13. The van der Waals surface area contributed by atoms with Crippen LogP contribution in [0.2, 0.25) is 0 Å². The number of benzene rings is 2. The third-order valence-corrected chi connectivity index (χ3v) is 4.32. The number of nitrogens with zero attached hydrogens (tertiary/aromatic N) is 1. The van der Waals surface area contributed by atoms with Gasteiger partial charge >= 0.3 is 0 Å². The molecule has 0 saturated carbocycles. The molecule has 3 rings (SSSR count). The summed E-state index contributed by atoms with van der Waals surface area (Å²) >= 11 is 0. The largest absolute Gasteiger partial charge is 0.493 e. The summed E-state index contributed by atoms with van der Waals surface area (Å²) in [5.41, 5.74) is 1.39. The van der Waals surface area contributed by atoms with Gasteiger partial charge in [-0.3, -0.25) is 0 Å². The Labute approximate surface area is 126 Å². The number of likely N-dealkylation sites (tertiary alicyclic amines) is 1. The molecule has 0 spiro atoms. The number of fused-ring (bicyclic) bond motifs is 1. The second-order valence-electron chi connectivity index (χ2n) is 5.69. The Balaban J connectivity index is 1.81. The van der Waals surface area contributed by atoms with Crippen molar-refractivity contribution in [2.45, 2.75) is 19.3 Å². The summed E-state index contributed by atoms with van der Waals surface area (Å²) in [6.07, 6.45) is 3.83. The first-order valence-corrected chi connectivity index (χ1v) is 7.67. The number of ether oxygens (including phenoxy) is 2. The molecule has 21 heavy (non-hydrogen) atoms. The Morgan fingerprint density at radius 3 is 2.24 bits per heavy atom. The molecule has 0 amide bonds. The van der Waals surface area contributed by atoms with Gasteiger partial charge in [-0.05, 0) is 60.8 Å². The minimum Gasteiger partial charge on any atom is -0.493 e. The van der Waals surface area contributed by atoms with Crippen molar-refractivity contribution in [3.05, 3.63) is 35.9 Å². The van der Waals surface area contributed by atoms with E-state index in [0.29, 0.717) is 0 Å². The van der Waals surface area contributed by atoms with E-state index in [-0.39, 0.29) is 0 Å². The van der Waals surface area contributed by atoms with Crippen molar-refractivity contribution in [3.8, 4) is 11.5 Å². The second-order valence-corrected chi connectivity index (χ2v) is 5.69. The van der Waals surface area contributed by atoms with Crippen LogP contribution in [0.3, 0.4) is 0 Å². The predicted molar refractivity (Wildman–Crippen MR) is 86.4 cm³/mol. The molecule has 1 aliphatic rings. The van der Waals surface area contributed by atoms with Crippen LogP contribution in [0, 0.1) is 0 Å². The van der Waals surface area contributed by atoms with Gasteiger partial charge in [0.05, 0.1) is 14.2 Å². The molecule has 0 unspecified atom stereocenters. The molecule has 0 N–H and O–H groups in total. The molecule has 3 heteroatoms. The summed E-state index contributed by atoms with van der Waals surface area (Å²) in [4.78, 5) is 2.55. The predicted octanol–water partition coefficient (Wildman–Crippen LogP) is 3.50. The minimum atomic E-state index is 0.787. The molecule has 0 aliphatic carbocycles. The van der Waals surface area contributed by atoms with Crippen molar-refractivity contribution < 1.29 is 9.47 Å². The normalized spacial score (nSPS) is 15.5. The van der Waals surface area contributed by atoms with Crippen LogP contribution < -0.4 is 9.47 Å². The van der Waals surface area contributed by atoms with E-state index in [4.69, 9.17) is 9.47 Å². The van der Waals surface area contributed by atoms with Gasteiger partial charge in [0.15, 0.2) is 11.5 Å². The quantitative estimate of drug-likeness (QED) is 0.839. The standard InChI is InChI=1S/C18H23NO2/c1-20-17-12-15-6-5-14(7-10-19-8-3-4-9-19)11-16(15)13-18(17)21-2/h5-6,11-13H,3-4,7-10H2,1-2H3. The summed E-state index contributed by atoms with van der Waals surface area (Å²) in [5, 5.41) is 2.41. The van der Waals surface area contributed by atoms with Crippen LogP contribution in [0.1, 0.15) is 18.4 Å². The van der Waals surface area contributed by atoms with Gasteiger partial charge in [0.1, 0.15) is 0 Å². The monoisotopic (exact) mass is 285 g/mol. The lowest BCUT2D eigenvalue weighted by molar-refractivity contribution is 0.343. The molecule has 2 aromatic carbocycles. The highest BCUT2D eigenvalue weighted by Crippen LogP contribution is 2.32. The SMILES string of the molecule is COc1cc2ccc(CCN3CCCC3)cc2cc1OC. The minimum absolute atomic E-state index is 0.787. The Kier molecular flexibility index (Phi) is 4.30. The molecular formula is C18H23NO2. The number of hydrogen-bond acceptors (Lipinski definition) is 3. The topological polar surface area (TPSA) is 21.7 Å². The molecular weight excluding hydrogens is 262 g/mol. The zero-order valence-electron chi connectivity index (χ0n) is 12.9. The summed E-state index contributed by atoms with van der Waals surface area (Å²) in [5.74, 6) is 1.58. The van der Waals surface area contributed by atoms with Crippen molar-refractivity contribution in [3.63, 3.8) is 0 Å². The Morgan fingerprint density at radius 1 is 0.905 bits per heavy atom. The maximum Gasteiger partial charge on any atom is 0.161 e. The van der Waals surface area contributed by atoms with Crippen molar-refractivity contribution in [2.24, 2.45) is 0 Å². The van der Waals surface area contributed by atoms with Crippen LogP contribution in [0.15, 0.2) is 30.3 Å². The lowest BCUT2D eigenvalue weighted by Crippen LogP contribution is -2.21. The Hall–Kier alpha value is -1.74. The molecule has 0 bridgehead atoms. The van der Waals surface area contributed by atoms with E-state index < -0.39 is 0 Å². The average Bonchev–Trinajstić information content (AvgIpc) is 3.04. The molecule has 2 aromatic rings. The molecule has 1 fully saturated rings. The van der Waals surface area contributed by atoms with Gasteiger partial charge in [0.2, 0.25) is 0 Å². The first-order valence-electron chi connectivity index (χ1n) is 7.67. The van der Waals surface area contributed by atoms with Crippen LogP contribution >= 0.6 is 0 Å². The molecule has 3 nitrogen and oxygen atoms in total. The first kappa shape index (κ1) is 14.2. The number of methoxy groups -OCH3 is 2. The smallest absolute Gasteiger partial charge is 0.161 e. The highest BCUT2D eigenvalue weighted by Gasteiger charge is 2.11. The van der Waals surface area contributed by atoms with E-state index in [0.717, 1.165) is 17.9 Å². The highest BCUT2D eigenvalue weighted by atomic mass is 16.5. The Morgan fingerprint density at radius 2 is 1.57 bits per heavy atom. The molecule has 1 heterocycles. The van der Waals surface area contributed by atoms with E-state index in [1.165, 1.54) is 48.8 Å². The third-order valence-electron chi connectivity index (χ3n) is 4.32. The van der Waals surface area contributed by atoms with E-state index in [1.807, 2.05) is 6.07 Å². The van der Waals surface area contributed by atoms with Crippen LogP contribution in [0.4, 0.5) is 0 Å².